The Labute approximate surface area is 152 Å². The third-order valence-corrected chi connectivity index (χ3v) is 4.05. The van der Waals surface area contributed by atoms with E-state index in [9.17, 15) is 0 Å². The van der Waals surface area contributed by atoms with Crippen LogP contribution in [0.1, 0.15) is 11.4 Å². The van der Waals surface area contributed by atoms with Gasteiger partial charge in [0, 0.05) is 29.2 Å². The molecular formula is C18H13N7O2. The molecule has 9 nitrogen and oxygen atoms in total. The van der Waals surface area contributed by atoms with Crippen LogP contribution in [0, 0.1) is 6.92 Å². The third kappa shape index (κ3) is 2.65. The van der Waals surface area contributed by atoms with Crippen molar-refractivity contribution in [3.63, 3.8) is 0 Å². The standard InChI is InChI=1S/C18H13N7O2/c1-11-8-15(27-24-11)17-22-21-16-13-4-2-3-5-14(13)18(23-25(16)17)26-10-12-9-19-6-7-20-12/h2-9H,10H2,1H3. The summed E-state index contributed by atoms with van der Waals surface area (Å²) in [4.78, 5) is 8.27. The number of nitrogens with zero attached hydrogens (tertiary/aromatic N) is 7. The van der Waals surface area contributed by atoms with Crippen LogP contribution in [-0.4, -0.2) is 34.9 Å². The smallest absolute Gasteiger partial charge is 0.240 e. The average Bonchev–Trinajstić information content (AvgIpc) is 3.33. The lowest BCUT2D eigenvalue weighted by Gasteiger charge is -2.09. The fourth-order valence-electron chi connectivity index (χ4n) is 2.83. The summed E-state index contributed by atoms with van der Waals surface area (Å²) in [6.45, 7) is 2.09. The summed E-state index contributed by atoms with van der Waals surface area (Å²) < 4.78 is 12.9. The van der Waals surface area contributed by atoms with Crippen molar-refractivity contribution in [2.45, 2.75) is 13.5 Å². The molecule has 27 heavy (non-hydrogen) atoms. The van der Waals surface area contributed by atoms with E-state index >= 15 is 0 Å². The van der Waals surface area contributed by atoms with Gasteiger partial charge in [-0.2, -0.15) is 4.52 Å². The van der Waals surface area contributed by atoms with Crippen LogP contribution in [-0.2, 0) is 6.61 Å². The van der Waals surface area contributed by atoms with Crippen LogP contribution in [0.3, 0.4) is 0 Å². The molecule has 1 aromatic carbocycles. The van der Waals surface area contributed by atoms with Gasteiger partial charge in [-0.1, -0.05) is 23.4 Å². The molecule has 0 amide bonds. The minimum atomic E-state index is 0.245. The number of aromatic nitrogens is 7. The van der Waals surface area contributed by atoms with Crippen LogP contribution in [0.2, 0.25) is 0 Å². The van der Waals surface area contributed by atoms with Crippen LogP contribution >= 0.6 is 0 Å². The van der Waals surface area contributed by atoms with E-state index < -0.39 is 0 Å². The van der Waals surface area contributed by atoms with Gasteiger partial charge in [-0.15, -0.1) is 15.3 Å². The number of benzene rings is 1. The highest BCUT2D eigenvalue weighted by Crippen LogP contribution is 2.29. The number of rotatable bonds is 4. The van der Waals surface area contributed by atoms with Crippen LogP contribution in [0.15, 0.2) is 53.4 Å². The van der Waals surface area contributed by atoms with E-state index in [0.29, 0.717) is 28.8 Å². The van der Waals surface area contributed by atoms with E-state index in [1.54, 1.807) is 29.2 Å². The Morgan fingerprint density at radius 3 is 2.78 bits per heavy atom. The molecule has 0 N–H and O–H groups in total. The van der Waals surface area contributed by atoms with Crippen LogP contribution in [0.4, 0.5) is 0 Å². The Hall–Kier alpha value is -3.88. The molecule has 0 saturated heterocycles. The largest absolute Gasteiger partial charge is 0.470 e. The van der Waals surface area contributed by atoms with Crippen LogP contribution in [0.25, 0.3) is 28.0 Å². The summed E-state index contributed by atoms with van der Waals surface area (Å²) in [5.41, 5.74) is 2.07. The van der Waals surface area contributed by atoms with Gasteiger partial charge in [0.2, 0.25) is 17.5 Å². The first-order chi connectivity index (χ1) is 13.3. The van der Waals surface area contributed by atoms with E-state index in [0.717, 1.165) is 16.5 Å². The second-order valence-electron chi connectivity index (χ2n) is 5.93. The number of fused-ring (bicyclic) bond motifs is 3. The highest BCUT2D eigenvalue weighted by molar-refractivity contribution is 5.96. The van der Waals surface area contributed by atoms with Crippen molar-refractivity contribution in [1.29, 1.82) is 0 Å². The predicted octanol–water partition coefficient (Wildman–Crippen LogP) is 2.61. The molecule has 0 aliphatic carbocycles. The maximum absolute atomic E-state index is 5.94. The predicted molar refractivity (Wildman–Crippen MR) is 94.9 cm³/mol. The van der Waals surface area contributed by atoms with Crippen molar-refractivity contribution in [3.8, 4) is 17.5 Å². The second kappa shape index (κ2) is 6.13. The lowest BCUT2D eigenvalue weighted by atomic mass is 10.2. The first-order valence-corrected chi connectivity index (χ1v) is 8.25. The minimum absolute atomic E-state index is 0.245. The first-order valence-electron chi connectivity index (χ1n) is 8.25. The first kappa shape index (κ1) is 15.4. The molecule has 4 aromatic heterocycles. The number of hydrogen-bond donors (Lipinski definition) is 0. The van der Waals surface area contributed by atoms with Gasteiger partial charge in [0.15, 0.2) is 5.65 Å². The molecule has 4 heterocycles. The number of aryl methyl sites for hydroxylation is 1. The van der Waals surface area contributed by atoms with Crippen molar-refractivity contribution >= 4 is 16.4 Å². The van der Waals surface area contributed by atoms with Crippen molar-refractivity contribution < 1.29 is 9.26 Å². The quantitative estimate of drug-likeness (QED) is 0.482. The fourth-order valence-corrected chi connectivity index (χ4v) is 2.83. The molecule has 0 spiro atoms. The van der Waals surface area contributed by atoms with Gasteiger partial charge in [0.1, 0.15) is 6.61 Å². The Bertz CT molecular complexity index is 1250. The Morgan fingerprint density at radius 1 is 1.11 bits per heavy atom. The van der Waals surface area contributed by atoms with E-state index in [1.807, 2.05) is 31.2 Å². The molecule has 0 unspecified atom stereocenters. The number of hydrogen-bond acceptors (Lipinski definition) is 8. The Balaban J connectivity index is 1.66. The summed E-state index contributed by atoms with van der Waals surface area (Å²) in [5.74, 6) is 1.39. The van der Waals surface area contributed by atoms with Gasteiger partial charge in [0.05, 0.1) is 17.6 Å². The van der Waals surface area contributed by atoms with Crippen molar-refractivity contribution in [1.82, 2.24) is 34.9 Å². The summed E-state index contributed by atoms with van der Waals surface area (Å²) in [5, 5.41) is 18.7. The SMILES string of the molecule is Cc1cc(-c2nnc3c4ccccc4c(OCc4cnccn4)nn23)on1. The van der Waals surface area contributed by atoms with Gasteiger partial charge in [-0.05, 0) is 13.0 Å². The highest BCUT2D eigenvalue weighted by Gasteiger charge is 2.18. The summed E-state index contributed by atoms with van der Waals surface area (Å²) >= 11 is 0. The molecule has 132 valence electrons. The van der Waals surface area contributed by atoms with Crippen LogP contribution < -0.4 is 4.74 Å². The fraction of sp³-hybridized carbons (Fsp3) is 0.111. The molecule has 9 heteroatoms. The zero-order valence-corrected chi connectivity index (χ0v) is 14.3. The van der Waals surface area contributed by atoms with E-state index in [4.69, 9.17) is 9.26 Å². The van der Waals surface area contributed by atoms with E-state index in [-0.39, 0.29) is 6.61 Å². The summed E-state index contributed by atoms with van der Waals surface area (Å²) in [7, 11) is 0. The summed E-state index contributed by atoms with van der Waals surface area (Å²) in [6.07, 6.45) is 4.89. The number of ether oxygens (including phenoxy) is 1. The molecule has 0 aliphatic heterocycles. The molecule has 5 rings (SSSR count). The van der Waals surface area contributed by atoms with E-state index in [1.165, 1.54) is 0 Å². The lowest BCUT2D eigenvalue weighted by molar-refractivity contribution is 0.288. The van der Waals surface area contributed by atoms with Crippen LogP contribution in [0.5, 0.6) is 5.88 Å². The molecule has 0 bridgehead atoms. The van der Waals surface area contributed by atoms with E-state index in [2.05, 4.69) is 30.4 Å². The molecule has 0 atom stereocenters. The van der Waals surface area contributed by atoms with Crippen molar-refractivity contribution in [2.24, 2.45) is 0 Å². The monoisotopic (exact) mass is 359 g/mol. The highest BCUT2D eigenvalue weighted by atomic mass is 16.5. The summed E-state index contributed by atoms with van der Waals surface area (Å²) in [6, 6.07) is 9.52. The second-order valence-corrected chi connectivity index (χ2v) is 5.93. The van der Waals surface area contributed by atoms with Crippen molar-refractivity contribution in [3.05, 3.63) is 60.3 Å². The molecule has 0 saturated carbocycles. The van der Waals surface area contributed by atoms with Gasteiger partial charge < -0.3 is 9.26 Å². The molecule has 0 fully saturated rings. The molecule has 0 radical (unpaired) electrons. The third-order valence-electron chi connectivity index (χ3n) is 4.05. The topological polar surface area (TPSA) is 104 Å². The molecule has 0 aliphatic rings. The maximum atomic E-state index is 5.94. The zero-order valence-electron chi connectivity index (χ0n) is 14.3. The van der Waals surface area contributed by atoms with Gasteiger partial charge in [0.25, 0.3) is 0 Å². The maximum Gasteiger partial charge on any atom is 0.240 e. The van der Waals surface area contributed by atoms with Gasteiger partial charge in [-0.25, -0.2) is 0 Å². The lowest BCUT2D eigenvalue weighted by Crippen LogP contribution is -2.04. The zero-order chi connectivity index (χ0) is 18.2. The minimum Gasteiger partial charge on any atom is -0.470 e. The average molecular weight is 359 g/mol. The normalized spacial score (nSPS) is 11.3. The molecular weight excluding hydrogens is 346 g/mol. The van der Waals surface area contributed by atoms with Gasteiger partial charge >= 0.3 is 0 Å². The Morgan fingerprint density at radius 2 is 2.00 bits per heavy atom. The van der Waals surface area contributed by atoms with Crippen molar-refractivity contribution in [2.75, 3.05) is 0 Å². The molecule has 5 aromatic rings. The van der Waals surface area contributed by atoms with Gasteiger partial charge in [-0.3, -0.25) is 9.97 Å². The Kier molecular flexibility index (Phi) is 3.49.